The van der Waals surface area contributed by atoms with Gasteiger partial charge in [0, 0.05) is 44.8 Å². The molecule has 0 bridgehead atoms. The molecule has 1 amide bonds. The van der Waals surface area contributed by atoms with Crippen molar-refractivity contribution < 1.29 is 13.9 Å². The molecule has 0 radical (unpaired) electrons. The normalized spacial score (nSPS) is 10.3. The maximum atomic E-state index is 13.6. The Labute approximate surface area is 134 Å². The van der Waals surface area contributed by atoms with Crippen LogP contribution >= 0.6 is 0 Å². The number of anilines is 1. The van der Waals surface area contributed by atoms with E-state index < -0.39 is 0 Å². The van der Waals surface area contributed by atoms with Gasteiger partial charge in [-0.15, -0.1) is 0 Å². The molecule has 2 N–H and O–H groups in total. The van der Waals surface area contributed by atoms with Gasteiger partial charge in [-0.3, -0.25) is 9.78 Å². The lowest BCUT2D eigenvalue weighted by Crippen LogP contribution is -2.25. The van der Waals surface area contributed by atoms with Crippen LogP contribution in [-0.4, -0.2) is 31.2 Å². The van der Waals surface area contributed by atoms with Crippen LogP contribution in [0.15, 0.2) is 42.7 Å². The Morgan fingerprint density at radius 2 is 2.13 bits per heavy atom. The van der Waals surface area contributed by atoms with Gasteiger partial charge in [0.1, 0.15) is 5.82 Å². The average Bonchev–Trinajstić information content (AvgIpc) is 2.58. The number of nitrogens with zero attached hydrogens (tertiary/aromatic N) is 1. The number of carbonyl (C=O) groups is 1. The SMILES string of the molecule is COCCCNC(=O)c1cncc(NCc2ccccc2F)c1. The number of nitrogens with one attached hydrogen (secondary N) is 2. The molecular formula is C17H20FN3O2. The van der Waals surface area contributed by atoms with Crippen LogP contribution in [-0.2, 0) is 11.3 Å². The summed E-state index contributed by atoms with van der Waals surface area (Å²) in [5.74, 6) is -0.455. The van der Waals surface area contributed by atoms with E-state index in [1.54, 1.807) is 37.6 Å². The lowest BCUT2D eigenvalue weighted by Gasteiger charge is -2.09. The highest BCUT2D eigenvalue weighted by Crippen LogP contribution is 2.12. The quantitative estimate of drug-likeness (QED) is 0.735. The molecule has 23 heavy (non-hydrogen) atoms. The second kappa shape index (κ2) is 8.85. The molecule has 0 saturated carbocycles. The molecular weight excluding hydrogens is 297 g/mol. The summed E-state index contributed by atoms with van der Waals surface area (Å²) in [4.78, 5) is 16.1. The second-order valence-corrected chi connectivity index (χ2v) is 5.01. The number of aromatic nitrogens is 1. The van der Waals surface area contributed by atoms with Crippen LogP contribution in [0.25, 0.3) is 0 Å². The number of amides is 1. The van der Waals surface area contributed by atoms with Crippen LogP contribution < -0.4 is 10.6 Å². The minimum absolute atomic E-state index is 0.192. The summed E-state index contributed by atoms with van der Waals surface area (Å²) in [5, 5.41) is 5.87. The first-order valence-electron chi connectivity index (χ1n) is 7.40. The summed E-state index contributed by atoms with van der Waals surface area (Å²) in [6.45, 7) is 1.47. The highest BCUT2D eigenvalue weighted by molar-refractivity contribution is 5.94. The van der Waals surface area contributed by atoms with Gasteiger partial charge in [-0.2, -0.15) is 0 Å². The summed E-state index contributed by atoms with van der Waals surface area (Å²) in [7, 11) is 1.62. The molecule has 0 atom stereocenters. The van der Waals surface area contributed by atoms with E-state index in [2.05, 4.69) is 15.6 Å². The molecule has 0 unspecified atom stereocenters. The topological polar surface area (TPSA) is 63.2 Å². The van der Waals surface area contributed by atoms with Crippen molar-refractivity contribution in [2.45, 2.75) is 13.0 Å². The molecule has 1 heterocycles. The molecule has 5 nitrogen and oxygen atoms in total. The van der Waals surface area contributed by atoms with Gasteiger partial charge in [-0.05, 0) is 18.6 Å². The number of benzene rings is 1. The summed E-state index contributed by atoms with van der Waals surface area (Å²) < 4.78 is 18.5. The van der Waals surface area contributed by atoms with E-state index in [-0.39, 0.29) is 11.7 Å². The van der Waals surface area contributed by atoms with E-state index in [4.69, 9.17) is 4.74 Å². The van der Waals surface area contributed by atoms with Crippen molar-refractivity contribution in [3.05, 3.63) is 59.7 Å². The van der Waals surface area contributed by atoms with Crippen LogP contribution in [0.1, 0.15) is 22.3 Å². The van der Waals surface area contributed by atoms with Crippen LogP contribution in [0.2, 0.25) is 0 Å². The number of halogens is 1. The Morgan fingerprint density at radius 3 is 2.91 bits per heavy atom. The van der Waals surface area contributed by atoms with Crippen molar-refractivity contribution >= 4 is 11.6 Å². The Balaban J connectivity index is 1.91. The number of carbonyl (C=O) groups excluding carboxylic acids is 1. The predicted molar refractivity (Wildman–Crippen MR) is 86.8 cm³/mol. The fraction of sp³-hybridized carbons (Fsp3) is 0.294. The van der Waals surface area contributed by atoms with Gasteiger partial charge in [0.05, 0.1) is 11.3 Å². The maximum Gasteiger partial charge on any atom is 0.252 e. The second-order valence-electron chi connectivity index (χ2n) is 5.01. The van der Waals surface area contributed by atoms with Gasteiger partial charge in [0.25, 0.3) is 5.91 Å². The Morgan fingerprint density at radius 1 is 1.30 bits per heavy atom. The molecule has 0 spiro atoms. The van der Waals surface area contributed by atoms with Crippen molar-refractivity contribution in [2.75, 3.05) is 25.6 Å². The molecule has 2 rings (SSSR count). The van der Waals surface area contributed by atoms with Gasteiger partial charge >= 0.3 is 0 Å². The molecule has 6 heteroatoms. The molecule has 122 valence electrons. The highest BCUT2D eigenvalue weighted by Gasteiger charge is 2.07. The van der Waals surface area contributed by atoms with Crippen molar-refractivity contribution in [2.24, 2.45) is 0 Å². The Kier molecular flexibility index (Phi) is 6.50. The zero-order valence-corrected chi connectivity index (χ0v) is 13.0. The van der Waals surface area contributed by atoms with E-state index in [0.29, 0.717) is 36.5 Å². The molecule has 1 aromatic heterocycles. The van der Waals surface area contributed by atoms with Crippen molar-refractivity contribution in [1.29, 1.82) is 0 Å². The van der Waals surface area contributed by atoms with Gasteiger partial charge < -0.3 is 15.4 Å². The zero-order valence-electron chi connectivity index (χ0n) is 13.0. The van der Waals surface area contributed by atoms with Crippen LogP contribution in [0.3, 0.4) is 0 Å². The van der Waals surface area contributed by atoms with E-state index >= 15 is 0 Å². The Bertz CT molecular complexity index is 649. The van der Waals surface area contributed by atoms with Crippen molar-refractivity contribution in [1.82, 2.24) is 10.3 Å². The zero-order chi connectivity index (χ0) is 16.5. The van der Waals surface area contributed by atoms with Gasteiger partial charge in [-0.25, -0.2) is 4.39 Å². The smallest absolute Gasteiger partial charge is 0.252 e. The van der Waals surface area contributed by atoms with E-state index in [1.807, 2.05) is 0 Å². The minimum Gasteiger partial charge on any atom is -0.385 e. The van der Waals surface area contributed by atoms with E-state index in [9.17, 15) is 9.18 Å². The summed E-state index contributed by atoms with van der Waals surface area (Å²) >= 11 is 0. The predicted octanol–water partition coefficient (Wildman–Crippen LogP) is 2.60. The maximum absolute atomic E-state index is 13.6. The number of hydrogen-bond donors (Lipinski definition) is 2. The van der Waals surface area contributed by atoms with Gasteiger partial charge in [0.2, 0.25) is 0 Å². The fourth-order valence-electron chi connectivity index (χ4n) is 2.02. The first kappa shape index (κ1) is 16.9. The molecule has 0 aliphatic heterocycles. The van der Waals surface area contributed by atoms with Crippen LogP contribution in [0.4, 0.5) is 10.1 Å². The van der Waals surface area contributed by atoms with Gasteiger partial charge in [0.15, 0.2) is 0 Å². The summed E-state index contributed by atoms with van der Waals surface area (Å²) in [5.41, 5.74) is 1.68. The molecule has 0 saturated heterocycles. The highest BCUT2D eigenvalue weighted by atomic mass is 19.1. The molecule has 2 aromatic rings. The number of methoxy groups -OCH3 is 1. The number of pyridine rings is 1. The van der Waals surface area contributed by atoms with Crippen LogP contribution in [0, 0.1) is 5.82 Å². The summed E-state index contributed by atoms with van der Waals surface area (Å²) in [6, 6.07) is 8.25. The third kappa shape index (κ3) is 5.34. The third-order valence-electron chi connectivity index (χ3n) is 3.25. The number of ether oxygens (including phenoxy) is 1. The lowest BCUT2D eigenvalue weighted by atomic mass is 10.2. The third-order valence-corrected chi connectivity index (χ3v) is 3.25. The van der Waals surface area contributed by atoms with E-state index in [0.717, 1.165) is 6.42 Å². The van der Waals surface area contributed by atoms with E-state index in [1.165, 1.54) is 12.3 Å². The number of rotatable bonds is 8. The number of hydrogen-bond acceptors (Lipinski definition) is 4. The first-order chi connectivity index (χ1) is 11.2. The standard InChI is InChI=1S/C17H20FN3O2/c1-23-8-4-7-20-17(22)14-9-15(12-19-10-14)21-11-13-5-2-3-6-16(13)18/h2-3,5-6,9-10,12,21H,4,7-8,11H2,1H3,(H,20,22). The summed E-state index contributed by atoms with van der Waals surface area (Å²) in [6.07, 6.45) is 3.85. The molecule has 1 aromatic carbocycles. The van der Waals surface area contributed by atoms with Gasteiger partial charge in [-0.1, -0.05) is 18.2 Å². The Hall–Kier alpha value is -2.47. The van der Waals surface area contributed by atoms with Crippen LogP contribution in [0.5, 0.6) is 0 Å². The molecule has 0 fully saturated rings. The van der Waals surface area contributed by atoms with Crippen molar-refractivity contribution in [3.8, 4) is 0 Å². The van der Waals surface area contributed by atoms with Crippen molar-refractivity contribution in [3.63, 3.8) is 0 Å². The monoisotopic (exact) mass is 317 g/mol. The molecule has 0 aliphatic carbocycles. The first-order valence-corrected chi connectivity index (χ1v) is 7.40. The minimum atomic E-state index is -0.264. The average molecular weight is 317 g/mol. The molecule has 0 aliphatic rings. The lowest BCUT2D eigenvalue weighted by molar-refractivity contribution is 0.0948. The fourth-order valence-corrected chi connectivity index (χ4v) is 2.02. The largest absolute Gasteiger partial charge is 0.385 e.